The second kappa shape index (κ2) is 6.01. The molecule has 0 heterocycles. The summed E-state index contributed by atoms with van der Waals surface area (Å²) in [6.07, 6.45) is 3.92. The van der Waals surface area contributed by atoms with Gasteiger partial charge < -0.3 is 11.1 Å². The molecule has 2 rings (SSSR count). The molecule has 3 nitrogen and oxygen atoms in total. The third kappa shape index (κ3) is 3.33. The first-order valence-corrected chi connectivity index (χ1v) is 6.77. The van der Waals surface area contributed by atoms with Gasteiger partial charge in [-0.25, -0.2) is 0 Å². The van der Waals surface area contributed by atoms with Crippen molar-refractivity contribution in [3.05, 3.63) is 35.9 Å². The first-order chi connectivity index (χ1) is 8.66. The molecule has 3 heteroatoms. The van der Waals surface area contributed by atoms with E-state index in [1.807, 2.05) is 37.3 Å². The van der Waals surface area contributed by atoms with Crippen molar-refractivity contribution < 1.29 is 4.79 Å². The molecule has 1 fully saturated rings. The lowest BCUT2D eigenvalue weighted by atomic mass is 9.85. The molecule has 1 aliphatic carbocycles. The quantitative estimate of drug-likeness (QED) is 0.860. The zero-order valence-corrected chi connectivity index (χ0v) is 10.9. The highest BCUT2D eigenvalue weighted by atomic mass is 16.1. The van der Waals surface area contributed by atoms with Crippen molar-refractivity contribution in [1.82, 2.24) is 5.32 Å². The van der Waals surface area contributed by atoms with Crippen LogP contribution in [-0.2, 0) is 4.79 Å². The molecule has 2 unspecified atom stereocenters. The van der Waals surface area contributed by atoms with Gasteiger partial charge in [-0.15, -0.1) is 0 Å². The topological polar surface area (TPSA) is 55.1 Å². The first kappa shape index (κ1) is 13.1. The molecule has 0 radical (unpaired) electrons. The Morgan fingerprint density at radius 3 is 2.72 bits per heavy atom. The largest absolute Gasteiger partial charge is 0.349 e. The second-order valence-corrected chi connectivity index (χ2v) is 5.26. The van der Waals surface area contributed by atoms with Gasteiger partial charge >= 0.3 is 0 Å². The van der Waals surface area contributed by atoms with Crippen LogP contribution < -0.4 is 11.1 Å². The third-order valence-corrected chi connectivity index (χ3v) is 3.74. The zero-order valence-electron chi connectivity index (χ0n) is 10.9. The second-order valence-electron chi connectivity index (χ2n) is 5.26. The summed E-state index contributed by atoms with van der Waals surface area (Å²) in [6, 6.07) is 10.3. The van der Waals surface area contributed by atoms with Crippen molar-refractivity contribution in [3.8, 4) is 0 Å². The number of amides is 1. The molecule has 1 aliphatic rings. The van der Waals surface area contributed by atoms with Crippen LogP contribution in [0.15, 0.2) is 30.3 Å². The predicted molar refractivity (Wildman–Crippen MR) is 72.9 cm³/mol. The van der Waals surface area contributed by atoms with Crippen LogP contribution in [0.5, 0.6) is 0 Å². The molecular formula is C15H22N2O. The molecule has 0 bridgehead atoms. The SMILES string of the molecule is C[C@@H](NC(=O)C1CCCC(N)C1)c1ccccc1. The fourth-order valence-corrected chi connectivity index (χ4v) is 2.62. The molecule has 3 N–H and O–H groups in total. The summed E-state index contributed by atoms with van der Waals surface area (Å²) < 4.78 is 0. The van der Waals surface area contributed by atoms with E-state index in [1.54, 1.807) is 0 Å². The van der Waals surface area contributed by atoms with Crippen molar-refractivity contribution >= 4 is 5.91 Å². The molecule has 1 saturated carbocycles. The molecule has 18 heavy (non-hydrogen) atoms. The van der Waals surface area contributed by atoms with E-state index in [9.17, 15) is 4.79 Å². The molecule has 1 aromatic carbocycles. The van der Waals surface area contributed by atoms with E-state index in [2.05, 4.69) is 5.32 Å². The van der Waals surface area contributed by atoms with Crippen LogP contribution in [0.25, 0.3) is 0 Å². The summed E-state index contributed by atoms with van der Waals surface area (Å²) in [7, 11) is 0. The van der Waals surface area contributed by atoms with E-state index in [1.165, 1.54) is 0 Å². The van der Waals surface area contributed by atoms with E-state index in [0.29, 0.717) is 0 Å². The minimum absolute atomic E-state index is 0.0665. The van der Waals surface area contributed by atoms with Crippen LogP contribution in [0, 0.1) is 5.92 Å². The third-order valence-electron chi connectivity index (χ3n) is 3.74. The lowest BCUT2D eigenvalue weighted by molar-refractivity contribution is -0.126. The van der Waals surface area contributed by atoms with Crippen LogP contribution in [0.3, 0.4) is 0 Å². The summed E-state index contributed by atoms with van der Waals surface area (Å²) >= 11 is 0. The summed E-state index contributed by atoms with van der Waals surface area (Å²) in [4.78, 5) is 12.2. The monoisotopic (exact) mass is 246 g/mol. The van der Waals surface area contributed by atoms with Gasteiger partial charge in [-0.3, -0.25) is 4.79 Å². The number of nitrogens with one attached hydrogen (secondary N) is 1. The highest BCUT2D eigenvalue weighted by Gasteiger charge is 2.26. The lowest BCUT2D eigenvalue weighted by Crippen LogP contribution is -2.38. The van der Waals surface area contributed by atoms with E-state index in [4.69, 9.17) is 5.73 Å². The van der Waals surface area contributed by atoms with Gasteiger partial charge in [0.15, 0.2) is 0 Å². The Kier molecular flexibility index (Phi) is 4.37. The summed E-state index contributed by atoms with van der Waals surface area (Å²) in [5.41, 5.74) is 7.07. The van der Waals surface area contributed by atoms with E-state index >= 15 is 0 Å². The number of hydrogen-bond donors (Lipinski definition) is 2. The maximum atomic E-state index is 12.2. The maximum Gasteiger partial charge on any atom is 0.223 e. The zero-order chi connectivity index (χ0) is 13.0. The average Bonchev–Trinajstić information content (AvgIpc) is 2.39. The van der Waals surface area contributed by atoms with Crippen LogP contribution in [-0.4, -0.2) is 11.9 Å². The molecule has 0 aliphatic heterocycles. The molecule has 3 atom stereocenters. The fraction of sp³-hybridized carbons (Fsp3) is 0.533. The molecule has 0 spiro atoms. The Hall–Kier alpha value is -1.35. The van der Waals surface area contributed by atoms with Crippen molar-refractivity contribution in [2.24, 2.45) is 11.7 Å². The highest BCUT2D eigenvalue weighted by molar-refractivity contribution is 5.79. The minimum Gasteiger partial charge on any atom is -0.349 e. The van der Waals surface area contributed by atoms with Crippen LogP contribution in [0.1, 0.15) is 44.2 Å². The standard InChI is InChI=1S/C15H22N2O/c1-11(12-6-3-2-4-7-12)17-15(18)13-8-5-9-14(16)10-13/h2-4,6-7,11,13-14H,5,8-10,16H2,1H3,(H,17,18)/t11-,13?,14?/m1/s1. The molecule has 0 saturated heterocycles. The Balaban J connectivity index is 1.91. The number of benzene rings is 1. The molecule has 98 valence electrons. The fourth-order valence-electron chi connectivity index (χ4n) is 2.62. The van der Waals surface area contributed by atoms with Gasteiger partial charge in [-0.05, 0) is 31.7 Å². The van der Waals surface area contributed by atoms with Crippen molar-refractivity contribution in [2.45, 2.75) is 44.7 Å². The van der Waals surface area contributed by atoms with Crippen molar-refractivity contribution in [1.29, 1.82) is 0 Å². The van der Waals surface area contributed by atoms with Crippen molar-refractivity contribution in [2.75, 3.05) is 0 Å². The van der Waals surface area contributed by atoms with Gasteiger partial charge in [0.25, 0.3) is 0 Å². The Morgan fingerprint density at radius 2 is 2.06 bits per heavy atom. The van der Waals surface area contributed by atoms with Gasteiger partial charge in [0.1, 0.15) is 0 Å². The van der Waals surface area contributed by atoms with Gasteiger partial charge in [0, 0.05) is 12.0 Å². The smallest absolute Gasteiger partial charge is 0.223 e. The van der Waals surface area contributed by atoms with Crippen molar-refractivity contribution in [3.63, 3.8) is 0 Å². The maximum absolute atomic E-state index is 12.2. The summed E-state index contributed by atoms with van der Waals surface area (Å²) in [6.45, 7) is 2.02. The minimum atomic E-state index is 0.0665. The highest BCUT2D eigenvalue weighted by Crippen LogP contribution is 2.24. The molecule has 1 amide bonds. The molecular weight excluding hydrogens is 224 g/mol. The van der Waals surface area contributed by atoms with Crippen LogP contribution in [0.2, 0.25) is 0 Å². The number of carbonyl (C=O) groups is 1. The van der Waals surface area contributed by atoms with E-state index in [0.717, 1.165) is 31.2 Å². The number of carbonyl (C=O) groups excluding carboxylic acids is 1. The Morgan fingerprint density at radius 1 is 1.33 bits per heavy atom. The Labute approximate surface area is 109 Å². The lowest BCUT2D eigenvalue weighted by Gasteiger charge is -2.27. The normalized spacial score (nSPS) is 25.4. The van der Waals surface area contributed by atoms with Gasteiger partial charge in [-0.2, -0.15) is 0 Å². The van der Waals surface area contributed by atoms with E-state index in [-0.39, 0.29) is 23.9 Å². The number of nitrogens with two attached hydrogens (primary N) is 1. The molecule has 0 aromatic heterocycles. The number of hydrogen-bond acceptors (Lipinski definition) is 2. The van der Waals surface area contributed by atoms with E-state index < -0.39 is 0 Å². The average molecular weight is 246 g/mol. The summed E-state index contributed by atoms with van der Waals surface area (Å²) in [5, 5.41) is 3.09. The van der Waals surface area contributed by atoms with Gasteiger partial charge in [0.05, 0.1) is 6.04 Å². The van der Waals surface area contributed by atoms with Crippen LogP contribution in [0.4, 0.5) is 0 Å². The summed E-state index contributed by atoms with van der Waals surface area (Å²) in [5.74, 6) is 0.251. The molecule has 1 aromatic rings. The van der Waals surface area contributed by atoms with Gasteiger partial charge in [0.2, 0.25) is 5.91 Å². The van der Waals surface area contributed by atoms with Gasteiger partial charge in [-0.1, -0.05) is 36.8 Å². The van der Waals surface area contributed by atoms with Crippen LogP contribution >= 0.6 is 0 Å². The predicted octanol–water partition coefficient (Wildman–Crippen LogP) is 2.38. The number of rotatable bonds is 3. The Bertz CT molecular complexity index is 391. The first-order valence-electron chi connectivity index (χ1n) is 6.77.